The summed E-state index contributed by atoms with van der Waals surface area (Å²) in [5.41, 5.74) is 7.18. The average molecular weight is 319 g/mol. The molecular weight excluding hydrogens is 294 g/mol. The molecular formula is C21H25N3. The Hall–Kier alpha value is -2.13. The van der Waals surface area contributed by atoms with Crippen molar-refractivity contribution < 1.29 is 0 Å². The fourth-order valence-electron chi connectivity index (χ4n) is 4.14. The highest BCUT2D eigenvalue weighted by Gasteiger charge is 2.28. The van der Waals surface area contributed by atoms with Crippen LogP contribution < -0.4 is 0 Å². The molecule has 0 aliphatic carbocycles. The highest BCUT2D eigenvalue weighted by molar-refractivity contribution is 5.89. The van der Waals surface area contributed by atoms with Gasteiger partial charge in [0.25, 0.3) is 0 Å². The molecule has 124 valence electrons. The van der Waals surface area contributed by atoms with Crippen LogP contribution in [0, 0.1) is 6.92 Å². The Morgan fingerprint density at radius 1 is 1.21 bits per heavy atom. The van der Waals surface area contributed by atoms with Gasteiger partial charge in [-0.2, -0.15) is 0 Å². The van der Waals surface area contributed by atoms with E-state index in [2.05, 4.69) is 59.6 Å². The summed E-state index contributed by atoms with van der Waals surface area (Å²) in [5, 5.41) is 1.44. The molecule has 1 unspecified atom stereocenters. The molecule has 0 N–H and O–H groups in total. The van der Waals surface area contributed by atoms with Crippen molar-refractivity contribution in [2.24, 2.45) is 0 Å². The topological polar surface area (TPSA) is 21.1 Å². The summed E-state index contributed by atoms with van der Waals surface area (Å²) >= 11 is 0. The number of rotatable bonds is 3. The monoisotopic (exact) mass is 319 g/mol. The summed E-state index contributed by atoms with van der Waals surface area (Å²) < 4.78 is 2.58. The van der Waals surface area contributed by atoms with Crippen molar-refractivity contribution in [3.63, 3.8) is 0 Å². The zero-order valence-corrected chi connectivity index (χ0v) is 14.8. The van der Waals surface area contributed by atoms with Gasteiger partial charge in [-0.1, -0.05) is 24.3 Å². The number of hydrogen-bond acceptors (Lipinski definition) is 2. The summed E-state index contributed by atoms with van der Waals surface area (Å²) in [5.74, 6) is 0. The minimum Gasteiger partial charge on any atom is -0.344 e. The van der Waals surface area contributed by atoms with Gasteiger partial charge in [-0.3, -0.25) is 9.88 Å². The lowest BCUT2D eigenvalue weighted by Gasteiger charge is -2.31. The molecule has 0 saturated carbocycles. The Morgan fingerprint density at radius 2 is 2.08 bits per heavy atom. The van der Waals surface area contributed by atoms with E-state index in [0.29, 0.717) is 6.04 Å². The molecule has 1 atom stereocenters. The van der Waals surface area contributed by atoms with E-state index in [-0.39, 0.29) is 0 Å². The SMILES string of the molecule is Cc1cccc2c3c(n(CCc4cccnc4)c12)CCN(C)C3C. The molecule has 1 aliphatic rings. The maximum Gasteiger partial charge on any atom is 0.0515 e. The van der Waals surface area contributed by atoms with Crippen LogP contribution >= 0.6 is 0 Å². The predicted octanol–water partition coefficient (Wildman–Crippen LogP) is 4.14. The van der Waals surface area contributed by atoms with Crippen molar-refractivity contribution in [1.82, 2.24) is 14.5 Å². The number of nitrogens with zero attached hydrogens (tertiary/aromatic N) is 3. The van der Waals surface area contributed by atoms with Crippen molar-refractivity contribution in [2.45, 2.75) is 39.3 Å². The number of fused-ring (bicyclic) bond motifs is 3. The first kappa shape index (κ1) is 15.4. The molecule has 0 amide bonds. The molecule has 3 heterocycles. The number of likely N-dealkylation sites (N-methyl/N-ethyl adjacent to an activating group) is 1. The van der Waals surface area contributed by atoms with Gasteiger partial charge in [0.2, 0.25) is 0 Å². The van der Waals surface area contributed by atoms with Crippen molar-refractivity contribution >= 4 is 10.9 Å². The summed E-state index contributed by atoms with van der Waals surface area (Å²) in [7, 11) is 2.24. The molecule has 24 heavy (non-hydrogen) atoms. The Kier molecular flexibility index (Phi) is 3.89. The van der Waals surface area contributed by atoms with Crippen LogP contribution in [0.2, 0.25) is 0 Å². The summed E-state index contributed by atoms with van der Waals surface area (Å²) in [6.07, 6.45) is 6.00. The van der Waals surface area contributed by atoms with E-state index < -0.39 is 0 Å². The number of para-hydroxylation sites is 1. The molecule has 0 saturated heterocycles. The Bertz CT molecular complexity index is 864. The van der Waals surface area contributed by atoms with Crippen molar-refractivity contribution in [2.75, 3.05) is 13.6 Å². The van der Waals surface area contributed by atoms with E-state index in [1.54, 1.807) is 0 Å². The normalized spacial score (nSPS) is 18.0. The second kappa shape index (κ2) is 6.06. The number of aryl methyl sites for hydroxylation is 3. The lowest BCUT2D eigenvalue weighted by atomic mass is 9.97. The smallest absolute Gasteiger partial charge is 0.0515 e. The molecule has 3 aromatic rings. The second-order valence-corrected chi connectivity index (χ2v) is 7.00. The highest BCUT2D eigenvalue weighted by atomic mass is 15.1. The molecule has 0 radical (unpaired) electrons. The van der Waals surface area contributed by atoms with Gasteiger partial charge in [0.05, 0.1) is 5.52 Å². The molecule has 1 aromatic carbocycles. The van der Waals surface area contributed by atoms with Crippen LogP contribution in [-0.2, 0) is 19.4 Å². The highest BCUT2D eigenvalue weighted by Crippen LogP contribution is 2.38. The average Bonchev–Trinajstić information content (AvgIpc) is 2.93. The first-order valence-corrected chi connectivity index (χ1v) is 8.86. The van der Waals surface area contributed by atoms with Crippen LogP contribution in [0.3, 0.4) is 0 Å². The van der Waals surface area contributed by atoms with Gasteiger partial charge in [-0.15, -0.1) is 0 Å². The van der Waals surface area contributed by atoms with Gasteiger partial charge in [0, 0.05) is 49.0 Å². The molecule has 0 spiro atoms. The lowest BCUT2D eigenvalue weighted by molar-refractivity contribution is 0.245. The van der Waals surface area contributed by atoms with E-state index in [1.807, 2.05) is 18.5 Å². The van der Waals surface area contributed by atoms with E-state index in [9.17, 15) is 0 Å². The third-order valence-corrected chi connectivity index (χ3v) is 5.56. The molecule has 4 rings (SSSR count). The van der Waals surface area contributed by atoms with Crippen LogP contribution in [-0.4, -0.2) is 28.0 Å². The standard InChI is InChI=1S/C21H25N3/c1-15-6-4-8-18-20-16(2)23(3)12-10-19(20)24(21(15)18)13-9-17-7-5-11-22-14-17/h4-8,11,14,16H,9-10,12-13H2,1-3H3. The van der Waals surface area contributed by atoms with E-state index in [1.165, 1.54) is 33.3 Å². The molecule has 3 nitrogen and oxygen atoms in total. The Labute approximate surface area is 143 Å². The van der Waals surface area contributed by atoms with Gasteiger partial charge < -0.3 is 4.57 Å². The van der Waals surface area contributed by atoms with Crippen LogP contribution in [0.5, 0.6) is 0 Å². The maximum absolute atomic E-state index is 4.26. The van der Waals surface area contributed by atoms with E-state index in [4.69, 9.17) is 0 Å². The number of pyridine rings is 1. The van der Waals surface area contributed by atoms with Gasteiger partial charge in [0.15, 0.2) is 0 Å². The van der Waals surface area contributed by atoms with Crippen molar-refractivity contribution in [3.8, 4) is 0 Å². The van der Waals surface area contributed by atoms with Gasteiger partial charge >= 0.3 is 0 Å². The van der Waals surface area contributed by atoms with Crippen molar-refractivity contribution in [1.29, 1.82) is 0 Å². The van der Waals surface area contributed by atoms with Crippen LogP contribution in [0.4, 0.5) is 0 Å². The second-order valence-electron chi connectivity index (χ2n) is 7.00. The summed E-state index contributed by atoms with van der Waals surface area (Å²) in [6, 6.07) is 11.4. The molecule has 1 aliphatic heterocycles. The minimum atomic E-state index is 0.484. The van der Waals surface area contributed by atoms with E-state index >= 15 is 0 Å². The van der Waals surface area contributed by atoms with Crippen LogP contribution in [0.25, 0.3) is 10.9 Å². The minimum absolute atomic E-state index is 0.484. The van der Waals surface area contributed by atoms with Crippen LogP contribution in [0.15, 0.2) is 42.7 Å². The first-order chi connectivity index (χ1) is 11.7. The Balaban J connectivity index is 1.82. The fourth-order valence-corrected chi connectivity index (χ4v) is 4.14. The van der Waals surface area contributed by atoms with Gasteiger partial charge in [0.1, 0.15) is 0 Å². The third-order valence-electron chi connectivity index (χ3n) is 5.56. The van der Waals surface area contributed by atoms with Crippen LogP contribution in [0.1, 0.15) is 35.3 Å². The summed E-state index contributed by atoms with van der Waals surface area (Å²) in [6.45, 7) is 6.74. The molecule has 0 bridgehead atoms. The number of aromatic nitrogens is 2. The molecule has 0 fully saturated rings. The lowest BCUT2D eigenvalue weighted by Crippen LogP contribution is -2.31. The number of hydrogen-bond donors (Lipinski definition) is 0. The van der Waals surface area contributed by atoms with E-state index in [0.717, 1.165) is 25.9 Å². The van der Waals surface area contributed by atoms with Gasteiger partial charge in [-0.25, -0.2) is 0 Å². The summed E-state index contributed by atoms with van der Waals surface area (Å²) in [4.78, 5) is 6.73. The zero-order valence-electron chi connectivity index (χ0n) is 14.8. The Morgan fingerprint density at radius 3 is 2.88 bits per heavy atom. The quantitative estimate of drug-likeness (QED) is 0.723. The third kappa shape index (κ3) is 2.44. The molecule has 3 heteroatoms. The maximum atomic E-state index is 4.26. The number of benzene rings is 1. The largest absolute Gasteiger partial charge is 0.344 e. The first-order valence-electron chi connectivity index (χ1n) is 8.86. The van der Waals surface area contributed by atoms with Gasteiger partial charge in [-0.05, 0) is 50.1 Å². The fraction of sp³-hybridized carbons (Fsp3) is 0.381. The predicted molar refractivity (Wildman–Crippen MR) is 99.4 cm³/mol. The molecule has 2 aromatic heterocycles. The van der Waals surface area contributed by atoms with Crippen molar-refractivity contribution in [3.05, 3.63) is 65.1 Å². The zero-order chi connectivity index (χ0) is 16.7.